The number of ether oxygens (including phenoxy) is 2. The number of likely N-dealkylation sites (tertiary alicyclic amines) is 1. The zero-order chi connectivity index (χ0) is 16.3. The van der Waals surface area contributed by atoms with E-state index in [0.29, 0.717) is 11.8 Å². The minimum absolute atomic E-state index is 0.0572. The summed E-state index contributed by atoms with van der Waals surface area (Å²) in [7, 11) is 1.47. The van der Waals surface area contributed by atoms with Crippen LogP contribution in [0, 0.1) is 17.8 Å². The Kier molecular flexibility index (Phi) is 5.35. The van der Waals surface area contributed by atoms with Crippen LogP contribution in [-0.4, -0.2) is 42.8 Å². The maximum atomic E-state index is 11.9. The van der Waals surface area contributed by atoms with Gasteiger partial charge in [-0.3, -0.25) is 4.79 Å². The number of amides is 1. The second-order valence-corrected chi connectivity index (χ2v) is 7.73. The Labute approximate surface area is 133 Å². The molecule has 1 aliphatic carbocycles. The van der Waals surface area contributed by atoms with Crippen molar-refractivity contribution in [2.24, 2.45) is 17.8 Å². The van der Waals surface area contributed by atoms with Gasteiger partial charge in [0.05, 0.1) is 13.0 Å². The standard InChI is InChI=1S/C17H29NO4/c1-17(2,3)22-16(20)18-10-13(11-18)9-12-5-7-14(8-6-12)15(19)21-4/h12-14H,5-11H2,1-4H3. The maximum Gasteiger partial charge on any atom is 0.410 e. The highest BCUT2D eigenvalue weighted by atomic mass is 16.6. The smallest absolute Gasteiger partial charge is 0.410 e. The highest BCUT2D eigenvalue weighted by Gasteiger charge is 2.36. The molecule has 0 bridgehead atoms. The van der Waals surface area contributed by atoms with E-state index < -0.39 is 5.60 Å². The SMILES string of the molecule is COC(=O)C1CCC(CC2CN(C(=O)OC(C)(C)C)C2)CC1. The number of carbonyl (C=O) groups is 2. The van der Waals surface area contributed by atoms with Gasteiger partial charge in [-0.25, -0.2) is 4.79 Å². The van der Waals surface area contributed by atoms with Crippen molar-refractivity contribution in [3.05, 3.63) is 0 Å². The molecule has 2 aliphatic rings. The van der Waals surface area contributed by atoms with E-state index in [0.717, 1.165) is 45.2 Å². The van der Waals surface area contributed by atoms with Crippen LogP contribution in [0.1, 0.15) is 52.9 Å². The molecule has 0 N–H and O–H groups in total. The van der Waals surface area contributed by atoms with Crippen molar-refractivity contribution in [1.29, 1.82) is 0 Å². The first-order valence-electron chi connectivity index (χ1n) is 8.34. The Morgan fingerprint density at radius 2 is 1.64 bits per heavy atom. The van der Waals surface area contributed by atoms with Crippen LogP contribution < -0.4 is 0 Å². The van der Waals surface area contributed by atoms with Crippen LogP contribution in [0.4, 0.5) is 4.79 Å². The van der Waals surface area contributed by atoms with Gasteiger partial charge < -0.3 is 14.4 Å². The van der Waals surface area contributed by atoms with E-state index in [9.17, 15) is 9.59 Å². The highest BCUT2D eigenvalue weighted by molar-refractivity contribution is 5.72. The summed E-state index contributed by atoms with van der Waals surface area (Å²) in [6.07, 6.45) is 5.05. The summed E-state index contributed by atoms with van der Waals surface area (Å²) < 4.78 is 10.2. The topological polar surface area (TPSA) is 55.8 Å². The van der Waals surface area contributed by atoms with Gasteiger partial charge in [-0.2, -0.15) is 0 Å². The van der Waals surface area contributed by atoms with Gasteiger partial charge in [-0.05, 0) is 64.7 Å². The van der Waals surface area contributed by atoms with Crippen LogP contribution in [0.5, 0.6) is 0 Å². The zero-order valence-electron chi connectivity index (χ0n) is 14.3. The van der Waals surface area contributed by atoms with Crippen molar-refractivity contribution >= 4 is 12.1 Å². The fraction of sp³-hybridized carbons (Fsp3) is 0.882. The van der Waals surface area contributed by atoms with E-state index in [-0.39, 0.29) is 18.0 Å². The molecule has 2 fully saturated rings. The molecule has 5 nitrogen and oxygen atoms in total. The van der Waals surface area contributed by atoms with Gasteiger partial charge >= 0.3 is 12.1 Å². The molecule has 2 rings (SSSR count). The van der Waals surface area contributed by atoms with Crippen molar-refractivity contribution in [3.8, 4) is 0 Å². The molecule has 0 aromatic heterocycles. The first-order valence-corrected chi connectivity index (χ1v) is 8.34. The van der Waals surface area contributed by atoms with E-state index in [2.05, 4.69) is 0 Å². The molecule has 126 valence electrons. The maximum absolute atomic E-state index is 11.9. The first-order chi connectivity index (χ1) is 10.3. The summed E-state index contributed by atoms with van der Waals surface area (Å²) in [5.74, 6) is 1.32. The normalized spacial score (nSPS) is 26.3. The van der Waals surface area contributed by atoms with Gasteiger partial charge in [0.15, 0.2) is 0 Å². The molecule has 22 heavy (non-hydrogen) atoms. The summed E-state index contributed by atoms with van der Waals surface area (Å²) in [6, 6.07) is 0. The van der Waals surface area contributed by atoms with E-state index in [1.807, 2.05) is 20.8 Å². The van der Waals surface area contributed by atoms with E-state index >= 15 is 0 Å². The van der Waals surface area contributed by atoms with Crippen LogP contribution in [-0.2, 0) is 14.3 Å². The first kappa shape index (κ1) is 17.1. The number of carbonyl (C=O) groups excluding carboxylic acids is 2. The predicted octanol–water partition coefficient (Wildman–Crippen LogP) is 3.22. The minimum Gasteiger partial charge on any atom is -0.469 e. The Morgan fingerprint density at radius 1 is 1.05 bits per heavy atom. The number of hydrogen-bond acceptors (Lipinski definition) is 4. The average Bonchev–Trinajstić information content (AvgIpc) is 2.40. The molecule has 1 saturated carbocycles. The molecule has 1 heterocycles. The van der Waals surface area contributed by atoms with Gasteiger partial charge in [-0.15, -0.1) is 0 Å². The Balaban J connectivity index is 1.65. The molecular weight excluding hydrogens is 282 g/mol. The molecule has 0 aromatic rings. The summed E-state index contributed by atoms with van der Waals surface area (Å²) in [5.41, 5.74) is -0.422. The Morgan fingerprint density at radius 3 is 2.14 bits per heavy atom. The van der Waals surface area contributed by atoms with Crippen molar-refractivity contribution < 1.29 is 19.1 Å². The second kappa shape index (κ2) is 6.88. The quantitative estimate of drug-likeness (QED) is 0.751. The van der Waals surface area contributed by atoms with Gasteiger partial charge in [0.25, 0.3) is 0 Å². The summed E-state index contributed by atoms with van der Waals surface area (Å²) >= 11 is 0. The van der Waals surface area contributed by atoms with E-state index in [4.69, 9.17) is 9.47 Å². The Hall–Kier alpha value is -1.26. The molecule has 0 atom stereocenters. The average molecular weight is 311 g/mol. The van der Waals surface area contributed by atoms with Gasteiger partial charge in [0.2, 0.25) is 0 Å². The van der Waals surface area contributed by atoms with Crippen LogP contribution in [0.2, 0.25) is 0 Å². The number of esters is 1. The van der Waals surface area contributed by atoms with Crippen molar-refractivity contribution in [2.75, 3.05) is 20.2 Å². The van der Waals surface area contributed by atoms with E-state index in [1.165, 1.54) is 7.11 Å². The summed E-state index contributed by atoms with van der Waals surface area (Å²) in [5, 5.41) is 0. The molecule has 1 aliphatic heterocycles. The molecule has 0 aromatic carbocycles. The second-order valence-electron chi connectivity index (χ2n) is 7.73. The molecule has 1 saturated heterocycles. The Bertz CT molecular complexity index is 401. The minimum atomic E-state index is -0.422. The lowest BCUT2D eigenvalue weighted by Gasteiger charge is -2.42. The zero-order valence-corrected chi connectivity index (χ0v) is 14.3. The van der Waals surface area contributed by atoms with Crippen molar-refractivity contribution in [1.82, 2.24) is 4.90 Å². The number of rotatable bonds is 3. The fourth-order valence-corrected chi connectivity index (χ4v) is 3.47. The largest absolute Gasteiger partial charge is 0.469 e. The van der Waals surface area contributed by atoms with E-state index in [1.54, 1.807) is 4.90 Å². The summed E-state index contributed by atoms with van der Waals surface area (Å²) in [4.78, 5) is 25.2. The van der Waals surface area contributed by atoms with Gasteiger partial charge in [-0.1, -0.05) is 0 Å². The van der Waals surface area contributed by atoms with Crippen LogP contribution >= 0.6 is 0 Å². The lowest BCUT2D eigenvalue weighted by Crippen LogP contribution is -2.52. The molecule has 5 heteroatoms. The van der Waals surface area contributed by atoms with Gasteiger partial charge in [0, 0.05) is 13.1 Å². The van der Waals surface area contributed by atoms with Gasteiger partial charge in [0.1, 0.15) is 5.60 Å². The number of methoxy groups -OCH3 is 1. The molecule has 1 amide bonds. The van der Waals surface area contributed by atoms with Crippen LogP contribution in [0.15, 0.2) is 0 Å². The molecule has 0 radical (unpaired) electrons. The van der Waals surface area contributed by atoms with Crippen LogP contribution in [0.25, 0.3) is 0 Å². The lowest BCUT2D eigenvalue weighted by atomic mass is 9.76. The highest BCUT2D eigenvalue weighted by Crippen LogP contribution is 2.35. The van der Waals surface area contributed by atoms with Crippen molar-refractivity contribution in [3.63, 3.8) is 0 Å². The third kappa shape index (κ3) is 4.62. The molecule has 0 spiro atoms. The fourth-order valence-electron chi connectivity index (χ4n) is 3.47. The van der Waals surface area contributed by atoms with Crippen LogP contribution in [0.3, 0.4) is 0 Å². The summed E-state index contributed by atoms with van der Waals surface area (Å²) in [6.45, 7) is 7.30. The monoisotopic (exact) mass is 311 g/mol. The molecular formula is C17H29NO4. The number of hydrogen-bond donors (Lipinski definition) is 0. The van der Waals surface area contributed by atoms with Crippen molar-refractivity contribution in [2.45, 2.75) is 58.5 Å². The third-order valence-electron chi connectivity index (χ3n) is 4.66. The number of nitrogens with zero attached hydrogens (tertiary/aromatic N) is 1. The lowest BCUT2D eigenvalue weighted by molar-refractivity contribution is -0.146. The molecule has 0 unspecified atom stereocenters. The predicted molar refractivity (Wildman–Crippen MR) is 83.4 cm³/mol. The third-order valence-corrected chi connectivity index (χ3v) is 4.66.